The first-order valence-electron chi connectivity index (χ1n) is 4.03. The van der Waals surface area contributed by atoms with Gasteiger partial charge in [0.2, 0.25) is 0 Å². The van der Waals surface area contributed by atoms with E-state index in [1.165, 1.54) is 6.42 Å². The molecule has 0 aliphatic heterocycles. The summed E-state index contributed by atoms with van der Waals surface area (Å²) in [6.45, 7) is 7.19. The second-order valence-corrected chi connectivity index (χ2v) is 3.51. The maximum atomic E-state index is 5.74. The third-order valence-electron chi connectivity index (χ3n) is 1.85. The molecule has 2 heteroatoms. The zero-order chi connectivity index (χ0) is 8.15. The Morgan fingerprint density at radius 1 is 1.20 bits per heavy atom. The van der Waals surface area contributed by atoms with Crippen molar-refractivity contribution in [1.82, 2.24) is 0 Å². The van der Waals surface area contributed by atoms with E-state index in [0.717, 1.165) is 5.92 Å². The second kappa shape index (κ2) is 4.69. The lowest BCUT2D eigenvalue weighted by atomic mass is 9.93. The largest absolute Gasteiger partial charge is 0.329 e. The third kappa shape index (κ3) is 3.85. The zero-order valence-electron chi connectivity index (χ0n) is 7.30. The molecule has 0 bridgehead atoms. The van der Waals surface area contributed by atoms with Crippen molar-refractivity contribution >= 4 is 0 Å². The average Bonchev–Trinajstić information content (AvgIpc) is 1.85. The van der Waals surface area contributed by atoms with Crippen LogP contribution in [0.1, 0.15) is 27.2 Å². The smallest absolute Gasteiger partial charge is 0.0189 e. The predicted octanol–water partition coefficient (Wildman–Crippen LogP) is 0.955. The van der Waals surface area contributed by atoms with Gasteiger partial charge in [0, 0.05) is 12.6 Å². The maximum absolute atomic E-state index is 5.74. The lowest BCUT2D eigenvalue weighted by molar-refractivity contribution is 0.376. The number of hydrogen-bond donors (Lipinski definition) is 2. The summed E-state index contributed by atoms with van der Waals surface area (Å²) in [7, 11) is 0. The lowest BCUT2D eigenvalue weighted by Crippen LogP contribution is -2.36. The Balaban J connectivity index is 3.50. The Bertz CT molecular complexity index is 81.3. The molecule has 0 amide bonds. The minimum absolute atomic E-state index is 0.183. The van der Waals surface area contributed by atoms with Crippen LogP contribution >= 0.6 is 0 Å². The van der Waals surface area contributed by atoms with Crippen molar-refractivity contribution in [2.24, 2.45) is 23.3 Å². The van der Waals surface area contributed by atoms with Crippen LogP contribution in [0.25, 0.3) is 0 Å². The molecule has 0 aliphatic carbocycles. The van der Waals surface area contributed by atoms with Crippen LogP contribution < -0.4 is 11.5 Å². The minimum Gasteiger partial charge on any atom is -0.329 e. The quantitative estimate of drug-likeness (QED) is 0.617. The fourth-order valence-electron chi connectivity index (χ4n) is 1.15. The molecule has 0 heterocycles. The summed E-state index contributed by atoms with van der Waals surface area (Å²) in [6, 6.07) is 0.183. The number of nitrogens with two attached hydrogens (primary N) is 2. The molecule has 0 saturated heterocycles. The Morgan fingerprint density at radius 2 is 1.70 bits per heavy atom. The number of rotatable bonds is 4. The van der Waals surface area contributed by atoms with Gasteiger partial charge < -0.3 is 11.5 Å². The minimum atomic E-state index is 0.183. The molecule has 0 fully saturated rings. The Morgan fingerprint density at radius 3 is 2.00 bits per heavy atom. The van der Waals surface area contributed by atoms with E-state index in [1.54, 1.807) is 0 Å². The molecule has 0 rings (SSSR count). The van der Waals surface area contributed by atoms with E-state index in [0.29, 0.717) is 12.5 Å². The lowest BCUT2D eigenvalue weighted by Gasteiger charge is -2.19. The average molecular weight is 144 g/mol. The van der Waals surface area contributed by atoms with Crippen LogP contribution in [0.15, 0.2) is 0 Å². The molecule has 62 valence electrons. The first-order valence-corrected chi connectivity index (χ1v) is 4.03. The summed E-state index contributed by atoms with van der Waals surface area (Å²) < 4.78 is 0. The summed E-state index contributed by atoms with van der Waals surface area (Å²) in [5, 5.41) is 0. The van der Waals surface area contributed by atoms with Gasteiger partial charge in [0.05, 0.1) is 0 Å². The number of hydrogen-bond acceptors (Lipinski definition) is 2. The van der Waals surface area contributed by atoms with Crippen LogP contribution in [0.5, 0.6) is 0 Å². The van der Waals surface area contributed by atoms with Gasteiger partial charge in [-0.2, -0.15) is 0 Å². The van der Waals surface area contributed by atoms with Crippen molar-refractivity contribution in [3.63, 3.8) is 0 Å². The van der Waals surface area contributed by atoms with E-state index in [-0.39, 0.29) is 6.04 Å². The topological polar surface area (TPSA) is 52.0 Å². The van der Waals surface area contributed by atoms with Crippen molar-refractivity contribution < 1.29 is 0 Å². The van der Waals surface area contributed by atoms with Crippen molar-refractivity contribution in [1.29, 1.82) is 0 Å². The van der Waals surface area contributed by atoms with Gasteiger partial charge in [-0.3, -0.25) is 0 Å². The highest BCUT2D eigenvalue weighted by molar-refractivity contribution is 4.70. The van der Waals surface area contributed by atoms with Gasteiger partial charge in [0.1, 0.15) is 0 Å². The summed E-state index contributed by atoms with van der Waals surface area (Å²) in [6.07, 6.45) is 1.18. The molecular weight excluding hydrogens is 124 g/mol. The fraction of sp³-hybridized carbons (Fsp3) is 1.00. The molecule has 10 heavy (non-hydrogen) atoms. The van der Waals surface area contributed by atoms with Crippen LogP contribution in [0, 0.1) is 11.8 Å². The van der Waals surface area contributed by atoms with Crippen LogP contribution in [-0.2, 0) is 0 Å². The van der Waals surface area contributed by atoms with Gasteiger partial charge >= 0.3 is 0 Å². The SMILES string of the molecule is CC(C)CC(C)C(N)CN. The van der Waals surface area contributed by atoms with Crippen molar-refractivity contribution in [2.75, 3.05) is 6.54 Å². The fourth-order valence-corrected chi connectivity index (χ4v) is 1.15. The van der Waals surface area contributed by atoms with Gasteiger partial charge in [0.25, 0.3) is 0 Å². The molecule has 0 radical (unpaired) electrons. The van der Waals surface area contributed by atoms with E-state index in [9.17, 15) is 0 Å². The second-order valence-electron chi connectivity index (χ2n) is 3.51. The van der Waals surface area contributed by atoms with Gasteiger partial charge in [-0.15, -0.1) is 0 Å². The highest BCUT2D eigenvalue weighted by atomic mass is 14.7. The molecule has 0 aromatic heterocycles. The Hall–Kier alpha value is -0.0800. The molecule has 4 N–H and O–H groups in total. The Labute approximate surface area is 64.0 Å². The van der Waals surface area contributed by atoms with Gasteiger partial charge in [-0.1, -0.05) is 20.8 Å². The summed E-state index contributed by atoms with van der Waals surface area (Å²) >= 11 is 0. The summed E-state index contributed by atoms with van der Waals surface area (Å²) in [4.78, 5) is 0. The molecule has 0 saturated carbocycles. The van der Waals surface area contributed by atoms with E-state index in [2.05, 4.69) is 20.8 Å². The van der Waals surface area contributed by atoms with Crippen molar-refractivity contribution in [3.05, 3.63) is 0 Å². The predicted molar refractivity (Wildman–Crippen MR) is 45.6 cm³/mol. The molecule has 2 unspecified atom stereocenters. The summed E-state index contributed by atoms with van der Waals surface area (Å²) in [5.41, 5.74) is 11.2. The van der Waals surface area contributed by atoms with E-state index in [1.807, 2.05) is 0 Å². The first-order chi connectivity index (χ1) is 4.57. The normalized spacial score (nSPS) is 17.4. The standard InChI is InChI=1S/C8H20N2/c1-6(2)4-7(3)8(10)5-9/h6-8H,4-5,9-10H2,1-3H3. The van der Waals surface area contributed by atoms with Crippen LogP contribution in [-0.4, -0.2) is 12.6 Å². The first kappa shape index (κ1) is 9.92. The molecule has 0 aliphatic rings. The molecule has 2 atom stereocenters. The molecule has 0 spiro atoms. The molecular formula is C8H20N2. The van der Waals surface area contributed by atoms with Crippen LogP contribution in [0.2, 0.25) is 0 Å². The van der Waals surface area contributed by atoms with E-state index < -0.39 is 0 Å². The Kier molecular flexibility index (Phi) is 4.65. The molecule has 2 nitrogen and oxygen atoms in total. The van der Waals surface area contributed by atoms with Gasteiger partial charge in [-0.05, 0) is 18.3 Å². The monoisotopic (exact) mass is 144 g/mol. The van der Waals surface area contributed by atoms with Crippen molar-refractivity contribution in [2.45, 2.75) is 33.2 Å². The highest BCUT2D eigenvalue weighted by Gasteiger charge is 2.11. The van der Waals surface area contributed by atoms with E-state index >= 15 is 0 Å². The van der Waals surface area contributed by atoms with Crippen molar-refractivity contribution in [3.8, 4) is 0 Å². The van der Waals surface area contributed by atoms with Gasteiger partial charge in [-0.25, -0.2) is 0 Å². The zero-order valence-corrected chi connectivity index (χ0v) is 7.30. The van der Waals surface area contributed by atoms with Crippen LogP contribution in [0.4, 0.5) is 0 Å². The van der Waals surface area contributed by atoms with E-state index in [4.69, 9.17) is 11.5 Å². The summed E-state index contributed by atoms with van der Waals surface area (Å²) in [5.74, 6) is 1.29. The third-order valence-corrected chi connectivity index (χ3v) is 1.85. The van der Waals surface area contributed by atoms with Crippen LogP contribution in [0.3, 0.4) is 0 Å². The molecule has 0 aromatic carbocycles. The maximum Gasteiger partial charge on any atom is 0.0189 e. The highest BCUT2D eigenvalue weighted by Crippen LogP contribution is 2.12. The van der Waals surface area contributed by atoms with Gasteiger partial charge in [0.15, 0.2) is 0 Å². The molecule has 0 aromatic rings.